The van der Waals surface area contributed by atoms with E-state index in [0.29, 0.717) is 5.69 Å². The van der Waals surface area contributed by atoms with E-state index in [1.807, 2.05) is 79.7 Å². The number of halogens is 1. The quantitative estimate of drug-likeness (QED) is 0.496. The number of fused-ring (bicyclic) bond motifs is 1. The van der Waals surface area contributed by atoms with Gasteiger partial charge in [0.15, 0.2) is 0 Å². The van der Waals surface area contributed by atoms with Crippen molar-refractivity contribution >= 4 is 56.0 Å². The summed E-state index contributed by atoms with van der Waals surface area (Å²) in [5, 5.41) is 3.16. The number of hydrogen-bond acceptors (Lipinski definition) is 3. The third-order valence-corrected chi connectivity index (χ3v) is 5.39. The van der Waals surface area contributed by atoms with Gasteiger partial charge in [-0.05, 0) is 41.3 Å². The van der Waals surface area contributed by atoms with Crippen LogP contribution < -0.4 is 15.3 Å². The van der Waals surface area contributed by atoms with Gasteiger partial charge in [0, 0.05) is 29.6 Å². The van der Waals surface area contributed by atoms with Crippen molar-refractivity contribution in [1.29, 1.82) is 0 Å². The molecule has 1 aliphatic rings. The van der Waals surface area contributed by atoms with Crippen LogP contribution in [0.15, 0.2) is 70.7 Å². The Hall–Kier alpha value is -3.12. The van der Waals surface area contributed by atoms with Crippen LogP contribution in [0.2, 0.25) is 0 Å². The lowest BCUT2D eigenvalue weighted by Gasteiger charge is -2.17. The van der Waals surface area contributed by atoms with E-state index in [1.165, 1.54) is 5.01 Å². The van der Waals surface area contributed by atoms with E-state index < -0.39 is 5.91 Å². The highest BCUT2D eigenvalue weighted by atomic mass is 79.9. The Balaban J connectivity index is 1.71. The number of carbonyl (C=O) groups excluding carboxylic acids is 2. The average molecular weight is 436 g/mol. The number of rotatable bonds is 3. The molecule has 1 aliphatic heterocycles. The zero-order valence-electron chi connectivity index (χ0n) is 15.4. The number of benzene rings is 3. The largest absolute Gasteiger partial charge is 0.378 e. The lowest BCUT2D eigenvalue weighted by molar-refractivity contribution is -0.117. The number of nitrogens with one attached hydrogen (secondary N) is 1. The molecule has 28 heavy (non-hydrogen) atoms. The number of hydrogen-bond donors (Lipinski definition) is 1. The monoisotopic (exact) mass is 435 g/mol. The molecule has 4 rings (SSSR count). The van der Waals surface area contributed by atoms with Crippen LogP contribution in [0.25, 0.3) is 16.8 Å². The molecule has 0 bridgehead atoms. The first kappa shape index (κ1) is 18.3. The van der Waals surface area contributed by atoms with Crippen molar-refractivity contribution in [2.24, 2.45) is 0 Å². The Morgan fingerprint density at radius 3 is 2.29 bits per heavy atom. The summed E-state index contributed by atoms with van der Waals surface area (Å²) in [6.45, 7) is 0. The van der Waals surface area contributed by atoms with E-state index in [4.69, 9.17) is 0 Å². The first-order valence-electron chi connectivity index (χ1n) is 8.77. The zero-order chi connectivity index (χ0) is 19.8. The maximum atomic E-state index is 13.0. The molecule has 3 aromatic carbocycles. The first-order chi connectivity index (χ1) is 13.5. The molecule has 1 fully saturated rings. The molecule has 5 nitrogen and oxygen atoms in total. The molecule has 140 valence electrons. The van der Waals surface area contributed by atoms with E-state index in [9.17, 15) is 9.59 Å². The van der Waals surface area contributed by atoms with Crippen molar-refractivity contribution in [3.63, 3.8) is 0 Å². The smallest absolute Gasteiger partial charge is 0.282 e. The Morgan fingerprint density at radius 2 is 1.61 bits per heavy atom. The third kappa shape index (κ3) is 3.16. The molecular weight excluding hydrogens is 418 g/mol. The molecule has 0 unspecified atom stereocenters. The van der Waals surface area contributed by atoms with Crippen LogP contribution in [0.5, 0.6) is 0 Å². The van der Waals surface area contributed by atoms with Gasteiger partial charge in [-0.1, -0.05) is 52.3 Å². The lowest BCUT2D eigenvalue weighted by Crippen LogP contribution is -2.35. The van der Waals surface area contributed by atoms with E-state index in [2.05, 4.69) is 21.4 Å². The highest BCUT2D eigenvalue weighted by Crippen LogP contribution is 2.33. The molecule has 0 aliphatic carbocycles. The van der Waals surface area contributed by atoms with Gasteiger partial charge < -0.3 is 4.90 Å². The topological polar surface area (TPSA) is 52.7 Å². The third-order valence-electron chi connectivity index (χ3n) is 4.70. The predicted octanol–water partition coefficient (Wildman–Crippen LogP) is 4.13. The number of carbonyl (C=O) groups is 2. The second-order valence-corrected chi connectivity index (χ2v) is 7.59. The Labute approximate surface area is 171 Å². The van der Waals surface area contributed by atoms with Crippen molar-refractivity contribution in [3.05, 3.63) is 76.3 Å². The highest BCUT2D eigenvalue weighted by Gasteiger charge is 2.35. The Kier molecular flexibility index (Phi) is 4.65. The minimum Gasteiger partial charge on any atom is -0.378 e. The van der Waals surface area contributed by atoms with Gasteiger partial charge in [0.25, 0.3) is 11.8 Å². The minimum absolute atomic E-state index is 0.115. The summed E-state index contributed by atoms with van der Waals surface area (Å²) >= 11 is 3.53. The van der Waals surface area contributed by atoms with Crippen LogP contribution in [-0.4, -0.2) is 25.9 Å². The average Bonchev–Trinajstić information content (AvgIpc) is 2.97. The number of amides is 2. The first-order valence-corrected chi connectivity index (χ1v) is 9.57. The van der Waals surface area contributed by atoms with E-state index >= 15 is 0 Å². The van der Waals surface area contributed by atoms with Crippen LogP contribution in [0.3, 0.4) is 0 Å². The van der Waals surface area contributed by atoms with Gasteiger partial charge in [0.05, 0.1) is 5.69 Å². The molecule has 0 radical (unpaired) electrons. The number of anilines is 2. The zero-order valence-corrected chi connectivity index (χ0v) is 17.0. The van der Waals surface area contributed by atoms with E-state index in [0.717, 1.165) is 26.5 Å². The molecule has 0 atom stereocenters. The number of nitrogens with zero attached hydrogens (tertiary/aromatic N) is 2. The fraction of sp³-hybridized carbons (Fsp3) is 0.0909. The Bertz CT molecular complexity index is 1120. The van der Waals surface area contributed by atoms with Gasteiger partial charge in [0.1, 0.15) is 5.57 Å². The summed E-state index contributed by atoms with van der Waals surface area (Å²) in [4.78, 5) is 27.5. The molecule has 6 heteroatoms. The van der Waals surface area contributed by atoms with Crippen LogP contribution in [0.1, 0.15) is 5.56 Å². The Morgan fingerprint density at radius 1 is 0.929 bits per heavy atom. The summed E-state index contributed by atoms with van der Waals surface area (Å²) in [6, 6.07) is 19.1. The van der Waals surface area contributed by atoms with Gasteiger partial charge in [-0.25, -0.2) is 5.01 Å². The van der Waals surface area contributed by atoms with E-state index in [-0.39, 0.29) is 11.5 Å². The van der Waals surface area contributed by atoms with Gasteiger partial charge in [-0.15, -0.1) is 0 Å². The van der Waals surface area contributed by atoms with Gasteiger partial charge in [-0.3, -0.25) is 15.0 Å². The summed E-state index contributed by atoms with van der Waals surface area (Å²) in [5.41, 5.74) is 5.29. The molecular formula is C22H18BrN3O2. The normalized spacial score (nSPS) is 15.4. The van der Waals surface area contributed by atoms with Gasteiger partial charge in [-0.2, -0.15) is 0 Å². The summed E-state index contributed by atoms with van der Waals surface area (Å²) in [6.07, 6.45) is 1.62. The molecule has 0 aromatic heterocycles. The SMILES string of the molecule is CN(C)c1ccc(C=C2C(=O)NN(c3ccc(Br)c4ccccc34)C2=O)cc1. The lowest BCUT2D eigenvalue weighted by atomic mass is 10.1. The molecule has 0 spiro atoms. The summed E-state index contributed by atoms with van der Waals surface area (Å²) in [7, 11) is 3.92. The predicted molar refractivity (Wildman–Crippen MR) is 116 cm³/mol. The second-order valence-electron chi connectivity index (χ2n) is 6.74. The molecule has 1 N–H and O–H groups in total. The van der Waals surface area contributed by atoms with Crippen LogP contribution in [-0.2, 0) is 9.59 Å². The number of hydrazine groups is 1. The van der Waals surface area contributed by atoms with Crippen molar-refractivity contribution in [2.75, 3.05) is 24.0 Å². The molecule has 2 amide bonds. The summed E-state index contributed by atoms with van der Waals surface area (Å²) in [5.74, 6) is -0.775. The van der Waals surface area contributed by atoms with Gasteiger partial charge in [0.2, 0.25) is 0 Å². The molecule has 1 saturated heterocycles. The minimum atomic E-state index is -0.409. The van der Waals surface area contributed by atoms with Gasteiger partial charge >= 0.3 is 0 Å². The van der Waals surface area contributed by atoms with Crippen LogP contribution >= 0.6 is 15.9 Å². The van der Waals surface area contributed by atoms with Crippen molar-refractivity contribution in [3.8, 4) is 0 Å². The molecule has 0 saturated carbocycles. The standard InChI is InChI=1S/C22H18BrN3O2/c1-25(2)15-9-7-14(8-10-15)13-18-21(27)24-26(22(18)28)20-12-11-19(23)16-5-3-4-6-17(16)20/h3-13H,1-2H3,(H,24,27). The second kappa shape index (κ2) is 7.13. The van der Waals surface area contributed by atoms with Crippen molar-refractivity contribution < 1.29 is 9.59 Å². The van der Waals surface area contributed by atoms with Crippen LogP contribution in [0, 0.1) is 0 Å². The fourth-order valence-electron chi connectivity index (χ4n) is 3.20. The highest BCUT2D eigenvalue weighted by molar-refractivity contribution is 9.10. The van der Waals surface area contributed by atoms with Crippen LogP contribution in [0.4, 0.5) is 11.4 Å². The van der Waals surface area contributed by atoms with Crippen molar-refractivity contribution in [1.82, 2.24) is 5.43 Å². The van der Waals surface area contributed by atoms with Crippen molar-refractivity contribution in [2.45, 2.75) is 0 Å². The summed E-state index contributed by atoms with van der Waals surface area (Å²) < 4.78 is 0.932. The molecule has 3 aromatic rings. The fourth-order valence-corrected chi connectivity index (χ4v) is 3.68. The van der Waals surface area contributed by atoms with E-state index in [1.54, 1.807) is 6.08 Å². The molecule has 1 heterocycles. The maximum absolute atomic E-state index is 13.0. The maximum Gasteiger partial charge on any atom is 0.282 e.